The summed E-state index contributed by atoms with van der Waals surface area (Å²) in [6.07, 6.45) is 1.48. The normalized spacial score (nSPS) is 24.2. The number of nitrogens with zero attached hydrogens (tertiary/aromatic N) is 2. The number of carbonyl (C=O) groups is 2. The van der Waals surface area contributed by atoms with Crippen LogP contribution in [-0.4, -0.2) is 59.0 Å². The predicted octanol–water partition coefficient (Wildman–Crippen LogP) is 0.0137. The SMILES string of the molecule is CC(=O)N1CC(N2CCC(C(=O)O)CC2)C1. The van der Waals surface area contributed by atoms with Gasteiger partial charge in [-0.1, -0.05) is 0 Å². The molecule has 2 aliphatic heterocycles. The van der Waals surface area contributed by atoms with E-state index in [9.17, 15) is 9.59 Å². The van der Waals surface area contributed by atoms with Crippen LogP contribution in [0.3, 0.4) is 0 Å². The van der Waals surface area contributed by atoms with Gasteiger partial charge >= 0.3 is 5.97 Å². The van der Waals surface area contributed by atoms with Gasteiger partial charge < -0.3 is 10.0 Å². The zero-order chi connectivity index (χ0) is 11.7. The molecule has 2 fully saturated rings. The minimum absolute atomic E-state index is 0.136. The molecule has 2 aliphatic rings. The van der Waals surface area contributed by atoms with E-state index in [1.54, 1.807) is 6.92 Å². The quantitative estimate of drug-likeness (QED) is 0.720. The fourth-order valence-electron chi connectivity index (χ4n) is 2.45. The van der Waals surface area contributed by atoms with E-state index in [1.165, 1.54) is 0 Å². The lowest BCUT2D eigenvalue weighted by molar-refractivity contribution is -0.144. The molecule has 2 heterocycles. The number of likely N-dealkylation sites (tertiary alicyclic amines) is 2. The molecule has 0 aromatic rings. The molecular formula is C11H18N2O3. The summed E-state index contributed by atoms with van der Waals surface area (Å²) in [6, 6.07) is 0.457. The lowest BCUT2D eigenvalue weighted by Gasteiger charge is -2.47. The van der Waals surface area contributed by atoms with Crippen molar-refractivity contribution in [2.45, 2.75) is 25.8 Å². The molecule has 5 heteroatoms. The highest BCUT2D eigenvalue weighted by Gasteiger charge is 2.35. The van der Waals surface area contributed by atoms with Gasteiger partial charge in [0, 0.05) is 26.1 Å². The Morgan fingerprint density at radius 3 is 2.19 bits per heavy atom. The Bertz CT molecular complexity index is 292. The van der Waals surface area contributed by atoms with Crippen molar-refractivity contribution in [3.05, 3.63) is 0 Å². The topological polar surface area (TPSA) is 60.9 Å². The summed E-state index contributed by atoms with van der Waals surface area (Å²) in [5, 5.41) is 8.88. The predicted molar refractivity (Wildman–Crippen MR) is 58.0 cm³/mol. The van der Waals surface area contributed by atoms with Crippen molar-refractivity contribution < 1.29 is 14.7 Å². The van der Waals surface area contributed by atoms with Crippen LogP contribution >= 0.6 is 0 Å². The van der Waals surface area contributed by atoms with E-state index in [1.807, 2.05) is 4.90 Å². The molecule has 5 nitrogen and oxygen atoms in total. The fraction of sp³-hybridized carbons (Fsp3) is 0.818. The van der Waals surface area contributed by atoms with E-state index in [-0.39, 0.29) is 11.8 Å². The van der Waals surface area contributed by atoms with E-state index in [2.05, 4.69) is 4.90 Å². The molecule has 2 saturated heterocycles. The molecule has 0 atom stereocenters. The van der Waals surface area contributed by atoms with Gasteiger partial charge in [0.05, 0.1) is 5.92 Å². The molecule has 0 aliphatic carbocycles. The van der Waals surface area contributed by atoms with Crippen LogP contribution in [-0.2, 0) is 9.59 Å². The maximum absolute atomic E-state index is 11.0. The van der Waals surface area contributed by atoms with Crippen LogP contribution in [0, 0.1) is 5.92 Å². The fourth-order valence-corrected chi connectivity index (χ4v) is 2.45. The van der Waals surface area contributed by atoms with Gasteiger partial charge in [0.25, 0.3) is 0 Å². The van der Waals surface area contributed by atoms with E-state index in [0.29, 0.717) is 6.04 Å². The highest BCUT2D eigenvalue weighted by atomic mass is 16.4. The first kappa shape index (κ1) is 11.4. The van der Waals surface area contributed by atoms with Crippen molar-refractivity contribution in [2.75, 3.05) is 26.2 Å². The number of amides is 1. The molecule has 1 N–H and O–H groups in total. The number of piperidine rings is 1. The van der Waals surface area contributed by atoms with Crippen molar-refractivity contribution in [1.29, 1.82) is 0 Å². The Morgan fingerprint density at radius 1 is 1.19 bits per heavy atom. The second-order valence-electron chi connectivity index (χ2n) is 4.73. The summed E-state index contributed by atoms with van der Waals surface area (Å²) in [5.74, 6) is -0.699. The van der Waals surface area contributed by atoms with Crippen LogP contribution in [0.1, 0.15) is 19.8 Å². The smallest absolute Gasteiger partial charge is 0.306 e. The molecule has 0 saturated carbocycles. The highest BCUT2D eigenvalue weighted by Crippen LogP contribution is 2.23. The van der Waals surface area contributed by atoms with E-state index < -0.39 is 5.97 Å². The lowest BCUT2D eigenvalue weighted by Crippen LogP contribution is -2.61. The number of hydrogen-bond donors (Lipinski definition) is 1. The Hall–Kier alpha value is -1.10. The number of hydrogen-bond acceptors (Lipinski definition) is 3. The van der Waals surface area contributed by atoms with Crippen LogP contribution in [0.4, 0.5) is 0 Å². The summed E-state index contributed by atoms with van der Waals surface area (Å²) in [7, 11) is 0. The number of rotatable bonds is 2. The summed E-state index contributed by atoms with van der Waals surface area (Å²) in [4.78, 5) is 26.0. The van der Waals surface area contributed by atoms with Crippen LogP contribution in [0.25, 0.3) is 0 Å². The largest absolute Gasteiger partial charge is 0.481 e. The van der Waals surface area contributed by atoms with E-state index >= 15 is 0 Å². The zero-order valence-corrected chi connectivity index (χ0v) is 9.56. The molecule has 2 rings (SSSR count). The monoisotopic (exact) mass is 226 g/mol. The van der Waals surface area contributed by atoms with Crippen molar-refractivity contribution in [3.8, 4) is 0 Å². The molecule has 90 valence electrons. The van der Waals surface area contributed by atoms with Gasteiger partial charge in [-0.05, 0) is 25.9 Å². The first-order valence-corrected chi connectivity index (χ1v) is 5.80. The van der Waals surface area contributed by atoms with Gasteiger partial charge in [-0.15, -0.1) is 0 Å². The molecular weight excluding hydrogens is 208 g/mol. The van der Waals surface area contributed by atoms with E-state index in [4.69, 9.17) is 5.11 Å². The second kappa shape index (κ2) is 4.41. The Kier molecular flexibility index (Phi) is 3.14. The molecule has 1 amide bonds. The third-order valence-corrected chi connectivity index (χ3v) is 3.70. The second-order valence-corrected chi connectivity index (χ2v) is 4.73. The zero-order valence-electron chi connectivity index (χ0n) is 9.56. The van der Waals surface area contributed by atoms with Gasteiger partial charge in [0.15, 0.2) is 0 Å². The highest BCUT2D eigenvalue weighted by molar-refractivity contribution is 5.74. The molecule has 16 heavy (non-hydrogen) atoms. The first-order chi connectivity index (χ1) is 7.58. The summed E-state index contributed by atoms with van der Waals surface area (Å²) >= 11 is 0. The Morgan fingerprint density at radius 2 is 1.75 bits per heavy atom. The number of carbonyl (C=O) groups excluding carboxylic acids is 1. The van der Waals surface area contributed by atoms with Crippen molar-refractivity contribution in [3.63, 3.8) is 0 Å². The molecule has 0 radical (unpaired) electrons. The van der Waals surface area contributed by atoms with Gasteiger partial charge in [0.1, 0.15) is 0 Å². The van der Waals surface area contributed by atoms with Crippen LogP contribution in [0.5, 0.6) is 0 Å². The number of carboxylic acids is 1. The van der Waals surface area contributed by atoms with Gasteiger partial charge in [0.2, 0.25) is 5.91 Å². The summed E-state index contributed by atoms with van der Waals surface area (Å²) in [5.41, 5.74) is 0. The van der Waals surface area contributed by atoms with Crippen molar-refractivity contribution >= 4 is 11.9 Å². The maximum atomic E-state index is 11.0. The van der Waals surface area contributed by atoms with E-state index in [0.717, 1.165) is 39.0 Å². The summed E-state index contributed by atoms with van der Waals surface area (Å²) in [6.45, 7) is 4.92. The average molecular weight is 226 g/mol. The van der Waals surface area contributed by atoms with Crippen molar-refractivity contribution in [1.82, 2.24) is 9.80 Å². The molecule has 0 spiro atoms. The minimum Gasteiger partial charge on any atom is -0.481 e. The molecule has 0 aromatic carbocycles. The van der Waals surface area contributed by atoms with Gasteiger partial charge in [-0.25, -0.2) is 0 Å². The Balaban J connectivity index is 1.75. The molecule has 0 unspecified atom stereocenters. The first-order valence-electron chi connectivity index (χ1n) is 5.80. The van der Waals surface area contributed by atoms with Gasteiger partial charge in [-0.3, -0.25) is 14.5 Å². The van der Waals surface area contributed by atoms with Crippen LogP contribution in [0.15, 0.2) is 0 Å². The van der Waals surface area contributed by atoms with Crippen LogP contribution < -0.4 is 0 Å². The molecule has 0 bridgehead atoms. The lowest BCUT2D eigenvalue weighted by atomic mass is 9.94. The molecule has 0 aromatic heterocycles. The summed E-state index contributed by atoms with van der Waals surface area (Å²) < 4.78 is 0. The standard InChI is InChI=1S/C11H18N2O3/c1-8(14)13-6-10(7-13)12-4-2-9(3-5-12)11(15)16/h9-10H,2-7H2,1H3,(H,15,16). The number of carboxylic acid groups (broad SMARTS) is 1. The van der Waals surface area contributed by atoms with Gasteiger partial charge in [-0.2, -0.15) is 0 Å². The minimum atomic E-state index is -0.668. The third-order valence-electron chi connectivity index (χ3n) is 3.70. The number of aliphatic carboxylic acids is 1. The van der Waals surface area contributed by atoms with Crippen LogP contribution in [0.2, 0.25) is 0 Å². The Labute approximate surface area is 95.0 Å². The maximum Gasteiger partial charge on any atom is 0.306 e. The third kappa shape index (κ3) is 2.19. The van der Waals surface area contributed by atoms with Crippen molar-refractivity contribution in [2.24, 2.45) is 5.92 Å². The average Bonchev–Trinajstić information content (AvgIpc) is 2.15.